The highest BCUT2D eigenvalue weighted by Gasteiger charge is 2.29. The van der Waals surface area contributed by atoms with E-state index in [-0.39, 0.29) is 10.6 Å². The van der Waals surface area contributed by atoms with E-state index >= 15 is 0 Å². The minimum atomic E-state index is -3.34. The summed E-state index contributed by atoms with van der Waals surface area (Å²) in [7, 11) is -3.34. The van der Waals surface area contributed by atoms with Crippen LogP contribution >= 0.6 is 0 Å². The fraction of sp³-hybridized carbons (Fsp3) is 0.571. The van der Waals surface area contributed by atoms with E-state index in [1.54, 1.807) is 12.1 Å². The van der Waals surface area contributed by atoms with Gasteiger partial charge in [0.2, 0.25) is 0 Å². The average molecular weight is 298 g/mol. The Morgan fingerprint density at radius 1 is 1.30 bits per heavy atom. The van der Waals surface area contributed by atoms with Crippen molar-refractivity contribution in [3.63, 3.8) is 0 Å². The normalized spacial score (nSPS) is 18.7. The highest BCUT2D eigenvalue weighted by Crippen LogP contribution is 2.31. The van der Waals surface area contributed by atoms with Crippen LogP contribution in [0.5, 0.6) is 0 Å². The molecule has 20 heavy (non-hydrogen) atoms. The number of nitrogens with one attached hydrogen (secondary N) is 1. The molecule has 0 atom stereocenters. The number of hydrogen-bond donors (Lipinski definition) is 3. The molecule has 0 unspecified atom stereocenters. The molecule has 0 bridgehead atoms. The van der Waals surface area contributed by atoms with Crippen LogP contribution in [0.25, 0.3) is 0 Å². The maximum absolute atomic E-state index is 11.6. The molecule has 2 rings (SSSR count). The van der Waals surface area contributed by atoms with Crippen molar-refractivity contribution in [1.29, 1.82) is 0 Å². The van der Waals surface area contributed by atoms with E-state index in [1.165, 1.54) is 6.07 Å². The van der Waals surface area contributed by atoms with Gasteiger partial charge < -0.3 is 16.2 Å². The molecule has 0 saturated heterocycles. The molecule has 4 N–H and O–H groups in total. The summed E-state index contributed by atoms with van der Waals surface area (Å²) in [5.74, 6) is 0. The smallest absolute Gasteiger partial charge is 0.177 e. The summed E-state index contributed by atoms with van der Waals surface area (Å²) >= 11 is 0. The maximum Gasteiger partial charge on any atom is 0.177 e. The molecule has 0 aliphatic heterocycles. The maximum atomic E-state index is 11.6. The molecule has 0 heterocycles. The number of hydrogen-bond acceptors (Lipinski definition) is 5. The summed E-state index contributed by atoms with van der Waals surface area (Å²) in [5, 5.41) is 13.5. The van der Waals surface area contributed by atoms with Crippen LogP contribution in [0.3, 0.4) is 0 Å². The molecular weight excluding hydrogens is 276 g/mol. The molecule has 1 aliphatic carbocycles. The minimum absolute atomic E-state index is 0.123. The first kappa shape index (κ1) is 15.1. The molecule has 0 spiro atoms. The molecule has 0 radical (unpaired) electrons. The van der Waals surface area contributed by atoms with Crippen LogP contribution < -0.4 is 11.1 Å². The third kappa shape index (κ3) is 3.43. The van der Waals surface area contributed by atoms with E-state index in [4.69, 9.17) is 5.73 Å². The summed E-state index contributed by atoms with van der Waals surface area (Å²) in [6, 6.07) is 4.88. The lowest BCUT2D eigenvalue weighted by Gasteiger charge is -2.32. The van der Waals surface area contributed by atoms with E-state index in [9.17, 15) is 13.5 Å². The van der Waals surface area contributed by atoms with Crippen molar-refractivity contribution in [3.8, 4) is 0 Å². The van der Waals surface area contributed by atoms with E-state index < -0.39 is 15.4 Å². The second kappa shape index (κ2) is 5.61. The van der Waals surface area contributed by atoms with Gasteiger partial charge in [0.15, 0.2) is 9.84 Å². The van der Waals surface area contributed by atoms with E-state index in [0.717, 1.165) is 38.4 Å². The van der Waals surface area contributed by atoms with Gasteiger partial charge in [-0.3, -0.25) is 0 Å². The van der Waals surface area contributed by atoms with Crippen LogP contribution in [0, 0.1) is 0 Å². The summed E-state index contributed by atoms with van der Waals surface area (Å²) in [6.07, 6.45) is 5.89. The van der Waals surface area contributed by atoms with Gasteiger partial charge in [-0.05, 0) is 25.0 Å². The lowest BCUT2D eigenvalue weighted by atomic mass is 9.85. The standard InChI is InChI=1S/C14H22N2O3S/c1-20(18,19)12-7-5-6-11(13(12)15)16-10-14(17)8-3-2-4-9-14/h5-7,16-17H,2-4,8-10,15H2,1H3. The van der Waals surface area contributed by atoms with Crippen molar-refractivity contribution >= 4 is 21.2 Å². The Kier molecular flexibility index (Phi) is 4.25. The average Bonchev–Trinajstić information content (AvgIpc) is 2.37. The Morgan fingerprint density at radius 2 is 1.95 bits per heavy atom. The first-order chi connectivity index (χ1) is 9.32. The molecule has 0 aromatic heterocycles. The van der Waals surface area contributed by atoms with Crippen LogP contribution in [0.15, 0.2) is 23.1 Å². The second-order valence-electron chi connectivity index (χ2n) is 5.63. The first-order valence-corrected chi connectivity index (χ1v) is 8.76. The van der Waals surface area contributed by atoms with Crippen LogP contribution in [-0.2, 0) is 9.84 Å². The predicted molar refractivity (Wildman–Crippen MR) is 80.5 cm³/mol. The Bertz CT molecular complexity index is 578. The summed E-state index contributed by atoms with van der Waals surface area (Å²) in [6.45, 7) is 0.393. The Balaban J connectivity index is 2.14. The molecule has 6 heteroatoms. The molecule has 1 aliphatic rings. The van der Waals surface area contributed by atoms with Gasteiger partial charge in [-0.15, -0.1) is 0 Å². The third-order valence-electron chi connectivity index (χ3n) is 3.86. The number of nitrogen functional groups attached to an aromatic ring is 1. The van der Waals surface area contributed by atoms with Crippen LogP contribution in [-0.4, -0.2) is 31.9 Å². The topological polar surface area (TPSA) is 92.4 Å². The van der Waals surface area contributed by atoms with Gasteiger partial charge in [-0.1, -0.05) is 25.3 Å². The molecule has 1 aromatic carbocycles. The number of sulfone groups is 1. The fourth-order valence-corrected chi connectivity index (χ4v) is 3.50. The van der Waals surface area contributed by atoms with Crippen molar-refractivity contribution in [2.75, 3.05) is 23.9 Å². The van der Waals surface area contributed by atoms with Crippen molar-refractivity contribution in [2.45, 2.75) is 42.6 Å². The quantitative estimate of drug-likeness (QED) is 0.737. The van der Waals surface area contributed by atoms with Gasteiger partial charge in [0.05, 0.1) is 21.9 Å². The number of nitrogens with two attached hydrogens (primary N) is 1. The number of para-hydroxylation sites is 1. The highest BCUT2D eigenvalue weighted by molar-refractivity contribution is 7.90. The van der Waals surface area contributed by atoms with E-state index in [1.807, 2.05) is 0 Å². The highest BCUT2D eigenvalue weighted by atomic mass is 32.2. The van der Waals surface area contributed by atoms with E-state index in [2.05, 4.69) is 5.32 Å². The van der Waals surface area contributed by atoms with Crippen molar-refractivity contribution in [1.82, 2.24) is 0 Å². The number of rotatable bonds is 4. The molecule has 0 amide bonds. The SMILES string of the molecule is CS(=O)(=O)c1cccc(NCC2(O)CCCCC2)c1N. The van der Waals surface area contributed by atoms with Crippen LogP contribution in [0.2, 0.25) is 0 Å². The zero-order chi connectivity index (χ0) is 14.8. The number of aliphatic hydroxyl groups is 1. The van der Waals surface area contributed by atoms with Gasteiger partial charge >= 0.3 is 0 Å². The van der Waals surface area contributed by atoms with Gasteiger partial charge in [0.1, 0.15) is 0 Å². The third-order valence-corrected chi connectivity index (χ3v) is 5.01. The van der Waals surface area contributed by atoms with Gasteiger partial charge in [0.25, 0.3) is 0 Å². The van der Waals surface area contributed by atoms with Crippen molar-refractivity contribution in [2.24, 2.45) is 0 Å². The number of benzene rings is 1. The summed E-state index contributed by atoms with van der Waals surface area (Å²) in [4.78, 5) is 0.123. The molecule has 1 saturated carbocycles. The predicted octanol–water partition coefficient (Wildman–Crippen LogP) is 1.78. The number of anilines is 2. The van der Waals surface area contributed by atoms with Crippen molar-refractivity contribution in [3.05, 3.63) is 18.2 Å². The Labute approximate surface area is 120 Å². The van der Waals surface area contributed by atoms with Crippen LogP contribution in [0.1, 0.15) is 32.1 Å². The molecule has 1 aromatic rings. The lowest BCUT2D eigenvalue weighted by molar-refractivity contribution is 0.0167. The molecule has 5 nitrogen and oxygen atoms in total. The first-order valence-electron chi connectivity index (χ1n) is 6.87. The lowest BCUT2D eigenvalue weighted by Crippen LogP contribution is -2.38. The molecular formula is C14H22N2O3S. The van der Waals surface area contributed by atoms with Crippen LogP contribution in [0.4, 0.5) is 11.4 Å². The second-order valence-corrected chi connectivity index (χ2v) is 7.61. The van der Waals surface area contributed by atoms with Gasteiger partial charge in [-0.2, -0.15) is 0 Å². The van der Waals surface area contributed by atoms with E-state index in [0.29, 0.717) is 12.2 Å². The summed E-state index contributed by atoms with van der Waals surface area (Å²) < 4.78 is 23.2. The minimum Gasteiger partial charge on any atom is -0.396 e. The summed E-state index contributed by atoms with van der Waals surface area (Å²) in [5.41, 5.74) is 5.97. The largest absolute Gasteiger partial charge is 0.396 e. The zero-order valence-corrected chi connectivity index (χ0v) is 12.5. The van der Waals surface area contributed by atoms with Crippen molar-refractivity contribution < 1.29 is 13.5 Å². The van der Waals surface area contributed by atoms with Gasteiger partial charge in [0, 0.05) is 12.8 Å². The van der Waals surface area contributed by atoms with Gasteiger partial charge in [-0.25, -0.2) is 8.42 Å². The monoisotopic (exact) mass is 298 g/mol. The molecule has 112 valence electrons. The Morgan fingerprint density at radius 3 is 2.55 bits per heavy atom. The fourth-order valence-electron chi connectivity index (χ4n) is 2.67. The zero-order valence-electron chi connectivity index (χ0n) is 11.7. The molecule has 1 fully saturated rings. The Hall–Kier alpha value is -1.27.